The van der Waals surface area contributed by atoms with Gasteiger partial charge in [-0.05, 0) is 24.3 Å². The van der Waals surface area contributed by atoms with Crippen molar-refractivity contribution in [2.24, 2.45) is 0 Å². The number of hydrogen-bond acceptors (Lipinski definition) is 3. The van der Waals surface area contributed by atoms with E-state index >= 15 is 0 Å². The second-order valence-electron chi connectivity index (χ2n) is 6.74. The molecule has 0 saturated heterocycles. The molecular weight excluding hydrogens is 358 g/mol. The van der Waals surface area contributed by atoms with E-state index in [4.69, 9.17) is 0 Å². The maximum atomic E-state index is 13.8. The van der Waals surface area contributed by atoms with Crippen molar-refractivity contribution in [2.75, 3.05) is 4.90 Å². The van der Waals surface area contributed by atoms with Gasteiger partial charge in [-0.15, -0.1) is 0 Å². The van der Waals surface area contributed by atoms with Crippen molar-refractivity contribution in [3.05, 3.63) is 132 Å². The molecule has 3 nitrogen and oxygen atoms in total. The molecule has 0 spiro atoms. The van der Waals surface area contributed by atoms with Crippen molar-refractivity contribution in [2.45, 2.75) is 5.72 Å². The lowest BCUT2D eigenvalue weighted by Crippen LogP contribution is -2.50. The maximum Gasteiger partial charge on any atom is 0.234 e. The monoisotopic (exact) mass is 379 g/mol. The van der Waals surface area contributed by atoms with Gasteiger partial charge in [-0.2, -0.15) is 0 Å². The zero-order valence-corrected chi connectivity index (χ0v) is 15.8. The second kappa shape index (κ2) is 8.13. The summed E-state index contributed by atoms with van der Waals surface area (Å²) in [6, 6.07) is 36.9. The molecule has 4 rings (SSSR count). The zero-order chi connectivity index (χ0) is 20.1. The van der Waals surface area contributed by atoms with Crippen LogP contribution in [-0.2, 0) is 5.72 Å². The molecule has 0 aliphatic rings. The van der Waals surface area contributed by atoms with Crippen LogP contribution in [0.15, 0.2) is 121 Å². The van der Waals surface area contributed by atoms with E-state index in [9.17, 15) is 9.90 Å². The van der Waals surface area contributed by atoms with E-state index in [0.717, 1.165) is 0 Å². The first-order chi connectivity index (χ1) is 14.2. The number of rotatable bonds is 6. The molecule has 1 atom stereocenters. The molecule has 0 bridgehead atoms. The molecule has 0 saturated carbocycles. The highest BCUT2D eigenvalue weighted by Crippen LogP contribution is 2.40. The van der Waals surface area contributed by atoms with Crippen LogP contribution in [0.5, 0.6) is 0 Å². The van der Waals surface area contributed by atoms with Crippen LogP contribution >= 0.6 is 0 Å². The van der Waals surface area contributed by atoms with Crippen LogP contribution in [-0.4, -0.2) is 10.9 Å². The standard InChI is InChI=1S/C26H21NO2/c28-25(21-13-5-1-6-14-21)26(29,22-15-7-2-8-16-22)27(23-17-9-3-10-18-23)24-19-11-4-12-20-24/h1-20,29H. The smallest absolute Gasteiger partial charge is 0.234 e. The summed E-state index contributed by atoms with van der Waals surface area (Å²) in [6.07, 6.45) is 0. The van der Waals surface area contributed by atoms with Gasteiger partial charge in [0.15, 0.2) is 0 Å². The van der Waals surface area contributed by atoms with Crippen molar-refractivity contribution in [3.63, 3.8) is 0 Å². The van der Waals surface area contributed by atoms with Gasteiger partial charge in [0.25, 0.3) is 0 Å². The van der Waals surface area contributed by atoms with Gasteiger partial charge in [-0.3, -0.25) is 4.79 Å². The van der Waals surface area contributed by atoms with Gasteiger partial charge in [-0.1, -0.05) is 97.1 Å². The second-order valence-corrected chi connectivity index (χ2v) is 6.74. The Kier molecular flexibility index (Phi) is 5.23. The fourth-order valence-electron chi connectivity index (χ4n) is 3.50. The Morgan fingerprint density at radius 1 is 0.586 bits per heavy atom. The third-order valence-corrected chi connectivity index (χ3v) is 4.88. The van der Waals surface area contributed by atoms with Crippen LogP contribution in [0.2, 0.25) is 0 Å². The molecule has 1 N–H and O–H groups in total. The molecule has 3 heteroatoms. The van der Waals surface area contributed by atoms with Gasteiger partial charge in [0.05, 0.1) is 0 Å². The predicted molar refractivity (Wildman–Crippen MR) is 116 cm³/mol. The number of carbonyl (C=O) groups excluding carboxylic acids is 1. The molecule has 142 valence electrons. The number of ketones is 1. The number of anilines is 2. The van der Waals surface area contributed by atoms with Gasteiger partial charge in [0, 0.05) is 22.5 Å². The van der Waals surface area contributed by atoms with Gasteiger partial charge < -0.3 is 10.0 Å². The van der Waals surface area contributed by atoms with Gasteiger partial charge in [0.2, 0.25) is 11.5 Å². The molecule has 0 aliphatic carbocycles. The molecule has 0 aromatic heterocycles. The number of hydrogen-bond donors (Lipinski definition) is 1. The van der Waals surface area contributed by atoms with Gasteiger partial charge >= 0.3 is 0 Å². The van der Waals surface area contributed by atoms with Gasteiger partial charge in [-0.25, -0.2) is 0 Å². The van der Waals surface area contributed by atoms with Crippen LogP contribution in [0.4, 0.5) is 11.4 Å². The van der Waals surface area contributed by atoms with Crippen molar-refractivity contribution < 1.29 is 9.90 Å². The Balaban J connectivity index is 1.98. The van der Waals surface area contributed by atoms with E-state index in [1.807, 2.05) is 84.9 Å². The van der Waals surface area contributed by atoms with E-state index in [-0.39, 0.29) is 0 Å². The Morgan fingerprint density at radius 3 is 1.41 bits per heavy atom. The highest BCUT2D eigenvalue weighted by atomic mass is 16.3. The number of carbonyl (C=O) groups is 1. The lowest BCUT2D eigenvalue weighted by molar-refractivity contribution is 0.0332. The minimum absolute atomic E-state index is 0.392. The largest absolute Gasteiger partial charge is 0.360 e. The first-order valence-corrected chi connectivity index (χ1v) is 9.49. The topological polar surface area (TPSA) is 40.5 Å². The average molecular weight is 379 g/mol. The first-order valence-electron chi connectivity index (χ1n) is 9.49. The number of Topliss-reactive ketones (excluding diaryl/α,β-unsaturated/α-hetero) is 1. The summed E-state index contributed by atoms with van der Waals surface area (Å²) in [4.78, 5) is 15.5. The number of nitrogens with zero attached hydrogens (tertiary/aromatic N) is 1. The molecule has 1 unspecified atom stereocenters. The molecule has 29 heavy (non-hydrogen) atoms. The van der Waals surface area contributed by atoms with Crippen LogP contribution < -0.4 is 4.90 Å². The normalized spacial score (nSPS) is 12.7. The van der Waals surface area contributed by atoms with Gasteiger partial charge in [0.1, 0.15) is 0 Å². The quantitative estimate of drug-likeness (QED) is 0.353. The highest BCUT2D eigenvalue weighted by Gasteiger charge is 2.45. The van der Waals surface area contributed by atoms with E-state index in [1.54, 1.807) is 41.3 Å². The minimum Gasteiger partial charge on any atom is -0.360 e. The van der Waals surface area contributed by atoms with Crippen molar-refractivity contribution >= 4 is 17.2 Å². The summed E-state index contributed by atoms with van der Waals surface area (Å²) in [5.74, 6) is -0.392. The minimum atomic E-state index is -1.93. The molecular formula is C26H21NO2. The first kappa shape index (κ1) is 18.7. The molecule has 4 aromatic carbocycles. The lowest BCUT2D eigenvalue weighted by atomic mass is 9.90. The van der Waals surface area contributed by atoms with Crippen molar-refractivity contribution in [3.8, 4) is 0 Å². The predicted octanol–water partition coefficient (Wildman–Crippen LogP) is 5.55. The number of benzene rings is 4. The fraction of sp³-hybridized carbons (Fsp3) is 0.0385. The molecule has 0 radical (unpaired) electrons. The SMILES string of the molecule is O=C(c1ccccc1)C(O)(c1ccccc1)N(c1ccccc1)c1ccccc1. The molecule has 0 amide bonds. The maximum absolute atomic E-state index is 13.8. The van der Waals surface area contributed by atoms with Crippen molar-refractivity contribution in [1.82, 2.24) is 0 Å². The Hall–Kier alpha value is -3.69. The summed E-state index contributed by atoms with van der Waals surface area (Å²) in [7, 11) is 0. The van der Waals surface area contributed by atoms with E-state index in [2.05, 4.69) is 0 Å². The average Bonchev–Trinajstić information content (AvgIpc) is 2.81. The highest BCUT2D eigenvalue weighted by molar-refractivity contribution is 6.05. The summed E-state index contributed by atoms with van der Waals surface area (Å²) >= 11 is 0. The van der Waals surface area contributed by atoms with Crippen LogP contribution in [0.3, 0.4) is 0 Å². The summed E-state index contributed by atoms with van der Waals surface area (Å²) < 4.78 is 0. The van der Waals surface area contributed by atoms with E-state index < -0.39 is 11.5 Å². The summed E-state index contributed by atoms with van der Waals surface area (Å²) in [6.45, 7) is 0. The van der Waals surface area contributed by atoms with Crippen LogP contribution in [0.1, 0.15) is 15.9 Å². The molecule has 0 heterocycles. The third-order valence-electron chi connectivity index (χ3n) is 4.88. The summed E-state index contributed by atoms with van der Waals surface area (Å²) in [5, 5.41) is 12.1. The number of para-hydroxylation sites is 2. The van der Waals surface area contributed by atoms with E-state index in [1.165, 1.54) is 0 Å². The number of aliphatic hydroxyl groups is 1. The van der Waals surface area contributed by atoms with Crippen molar-refractivity contribution in [1.29, 1.82) is 0 Å². The Labute approximate surface area is 170 Å². The van der Waals surface area contributed by atoms with Crippen LogP contribution in [0, 0.1) is 0 Å². The fourth-order valence-corrected chi connectivity index (χ4v) is 3.50. The molecule has 0 fully saturated rings. The Bertz CT molecular complexity index is 1030. The lowest BCUT2D eigenvalue weighted by Gasteiger charge is -2.40. The third kappa shape index (κ3) is 3.56. The molecule has 0 aliphatic heterocycles. The Morgan fingerprint density at radius 2 is 0.966 bits per heavy atom. The van der Waals surface area contributed by atoms with Crippen LogP contribution in [0.25, 0.3) is 0 Å². The molecule has 4 aromatic rings. The van der Waals surface area contributed by atoms with E-state index in [0.29, 0.717) is 22.5 Å². The zero-order valence-electron chi connectivity index (χ0n) is 15.8. The summed E-state index contributed by atoms with van der Waals surface area (Å²) in [5.41, 5.74) is 0.451.